The molecule has 1 saturated carbocycles. The number of hydrogen-bond donors (Lipinski definition) is 0. The Morgan fingerprint density at radius 2 is 2.36 bits per heavy atom. The first kappa shape index (κ1) is 11.3. The molecular formula is C12H18O2. The molecule has 2 atom stereocenters. The van der Waals surface area contributed by atoms with Crippen molar-refractivity contribution < 1.29 is 9.53 Å². The third-order valence-electron chi connectivity index (χ3n) is 2.60. The van der Waals surface area contributed by atoms with Gasteiger partial charge in [-0.2, -0.15) is 0 Å². The molecule has 1 fully saturated rings. The lowest BCUT2D eigenvalue weighted by atomic mass is 9.84. The van der Waals surface area contributed by atoms with E-state index in [9.17, 15) is 4.79 Å². The average Bonchev–Trinajstić information content (AvgIpc) is 2.18. The van der Waals surface area contributed by atoms with Crippen molar-refractivity contribution in [3.05, 3.63) is 0 Å². The lowest BCUT2D eigenvalue weighted by molar-refractivity contribution is -0.128. The number of ketones is 1. The molecule has 0 N–H and O–H groups in total. The minimum atomic E-state index is -0.169. The van der Waals surface area contributed by atoms with E-state index in [0.717, 1.165) is 19.3 Å². The molecule has 78 valence electrons. The van der Waals surface area contributed by atoms with Crippen molar-refractivity contribution in [2.24, 2.45) is 5.92 Å². The van der Waals surface area contributed by atoms with Crippen LogP contribution < -0.4 is 0 Å². The molecule has 1 rings (SSSR count). The van der Waals surface area contributed by atoms with Crippen LogP contribution in [0, 0.1) is 17.8 Å². The molecule has 2 unspecified atom stereocenters. The van der Waals surface area contributed by atoms with E-state index in [2.05, 4.69) is 11.8 Å². The summed E-state index contributed by atoms with van der Waals surface area (Å²) in [6.45, 7) is 4.36. The Morgan fingerprint density at radius 1 is 1.57 bits per heavy atom. The molecule has 0 aromatic rings. The van der Waals surface area contributed by atoms with E-state index in [1.807, 2.05) is 6.92 Å². The average molecular weight is 194 g/mol. The van der Waals surface area contributed by atoms with E-state index in [4.69, 9.17) is 4.74 Å². The molecule has 2 nitrogen and oxygen atoms in total. The van der Waals surface area contributed by atoms with E-state index in [0.29, 0.717) is 18.8 Å². The van der Waals surface area contributed by atoms with E-state index < -0.39 is 0 Å². The molecule has 14 heavy (non-hydrogen) atoms. The van der Waals surface area contributed by atoms with Gasteiger partial charge in [-0.3, -0.25) is 4.79 Å². The van der Waals surface area contributed by atoms with Crippen LogP contribution in [0.25, 0.3) is 0 Å². The highest BCUT2D eigenvalue weighted by Gasteiger charge is 2.29. The Morgan fingerprint density at radius 3 is 2.93 bits per heavy atom. The van der Waals surface area contributed by atoms with Gasteiger partial charge in [0.2, 0.25) is 0 Å². The molecule has 0 spiro atoms. The lowest BCUT2D eigenvalue weighted by Gasteiger charge is -2.25. The van der Waals surface area contributed by atoms with Gasteiger partial charge >= 0.3 is 0 Å². The van der Waals surface area contributed by atoms with Gasteiger partial charge in [-0.05, 0) is 26.7 Å². The number of rotatable bonds is 3. The molecule has 1 aliphatic carbocycles. The molecule has 0 aromatic carbocycles. The Bertz CT molecular complexity index is 247. The molecule has 0 aliphatic heterocycles. The highest BCUT2D eigenvalue weighted by molar-refractivity contribution is 5.82. The van der Waals surface area contributed by atoms with Crippen LogP contribution in [0.2, 0.25) is 0 Å². The van der Waals surface area contributed by atoms with Gasteiger partial charge < -0.3 is 4.74 Å². The first-order valence-electron chi connectivity index (χ1n) is 5.36. The molecule has 0 amide bonds. The van der Waals surface area contributed by atoms with E-state index in [1.165, 1.54) is 0 Å². The standard InChI is InChI=1S/C12H18O2/c1-3-7-12(14-4-2)10-8-5-6-9-11(10)13/h10,12H,4-6,8-9H2,1-2H3. The van der Waals surface area contributed by atoms with Crippen LogP contribution >= 0.6 is 0 Å². The van der Waals surface area contributed by atoms with Crippen LogP contribution in [0.15, 0.2) is 0 Å². The smallest absolute Gasteiger partial charge is 0.139 e. The Hall–Kier alpha value is -0.810. The number of hydrogen-bond acceptors (Lipinski definition) is 2. The maximum Gasteiger partial charge on any atom is 0.139 e. The summed E-state index contributed by atoms with van der Waals surface area (Å²) in [4.78, 5) is 11.6. The monoisotopic (exact) mass is 194 g/mol. The van der Waals surface area contributed by atoms with Crippen LogP contribution in [-0.2, 0) is 9.53 Å². The maximum absolute atomic E-state index is 11.6. The molecule has 0 saturated heterocycles. The van der Waals surface area contributed by atoms with Crippen LogP contribution in [0.4, 0.5) is 0 Å². The first-order chi connectivity index (χ1) is 6.79. The zero-order chi connectivity index (χ0) is 10.4. The largest absolute Gasteiger partial charge is 0.365 e. The third-order valence-corrected chi connectivity index (χ3v) is 2.60. The second kappa shape index (κ2) is 5.82. The van der Waals surface area contributed by atoms with Crippen molar-refractivity contribution in [1.29, 1.82) is 0 Å². The van der Waals surface area contributed by atoms with Crippen LogP contribution in [-0.4, -0.2) is 18.5 Å². The Kier molecular flexibility index (Phi) is 4.69. The van der Waals surface area contributed by atoms with Crippen molar-refractivity contribution in [1.82, 2.24) is 0 Å². The zero-order valence-corrected chi connectivity index (χ0v) is 9.01. The third kappa shape index (κ3) is 2.85. The maximum atomic E-state index is 11.6. The fraction of sp³-hybridized carbons (Fsp3) is 0.750. The second-order valence-corrected chi connectivity index (χ2v) is 3.59. The Labute approximate surface area is 86.0 Å². The fourth-order valence-corrected chi connectivity index (χ4v) is 1.91. The van der Waals surface area contributed by atoms with Crippen molar-refractivity contribution in [3.8, 4) is 11.8 Å². The summed E-state index contributed by atoms with van der Waals surface area (Å²) < 4.78 is 5.50. The number of ether oxygens (including phenoxy) is 1. The molecule has 0 aromatic heterocycles. The van der Waals surface area contributed by atoms with Gasteiger partial charge in [-0.25, -0.2) is 0 Å². The van der Waals surface area contributed by atoms with Crippen LogP contribution in [0.3, 0.4) is 0 Å². The van der Waals surface area contributed by atoms with Gasteiger partial charge in [0, 0.05) is 13.0 Å². The molecule has 2 heteroatoms. The summed E-state index contributed by atoms with van der Waals surface area (Å²) in [6, 6.07) is 0. The van der Waals surface area contributed by atoms with Gasteiger partial charge in [-0.1, -0.05) is 12.3 Å². The minimum Gasteiger partial charge on any atom is -0.365 e. The van der Waals surface area contributed by atoms with Gasteiger partial charge in [-0.15, -0.1) is 5.92 Å². The minimum absolute atomic E-state index is 0.0242. The molecular weight excluding hydrogens is 176 g/mol. The normalized spacial score (nSPS) is 23.9. The fourth-order valence-electron chi connectivity index (χ4n) is 1.91. The van der Waals surface area contributed by atoms with E-state index >= 15 is 0 Å². The quantitative estimate of drug-likeness (QED) is 0.644. The highest BCUT2D eigenvalue weighted by Crippen LogP contribution is 2.24. The second-order valence-electron chi connectivity index (χ2n) is 3.59. The molecule has 1 aliphatic rings. The predicted molar refractivity (Wildman–Crippen MR) is 55.8 cm³/mol. The summed E-state index contributed by atoms with van der Waals surface area (Å²) in [5.41, 5.74) is 0. The lowest BCUT2D eigenvalue weighted by Crippen LogP contribution is -2.32. The topological polar surface area (TPSA) is 26.3 Å². The van der Waals surface area contributed by atoms with E-state index in [1.54, 1.807) is 6.92 Å². The predicted octanol–water partition coefficient (Wildman–Crippen LogP) is 2.17. The number of carbonyl (C=O) groups is 1. The Balaban J connectivity index is 2.63. The summed E-state index contributed by atoms with van der Waals surface area (Å²) in [7, 11) is 0. The molecule has 0 heterocycles. The van der Waals surface area contributed by atoms with E-state index in [-0.39, 0.29) is 12.0 Å². The first-order valence-corrected chi connectivity index (χ1v) is 5.36. The molecule has 0 bridgehead atoms. The summed E-state index contributed by atoms with van der Waals surface area (Å²) in [5, 5.41) is 0. The van der Waals surface area contributed by atoms with Crippen LogP contribution in [0.5, 0.6) is 0 Å². The van der Waals surface area contributed by atoms with Gasteiger partial charge in [0.05, 0.1) is 5.92 Å². The number of carbonyl (C=O) groups excluding carboxylic acids is 1. The summed E-state index contributed by atoms with van der Waals surface area (Å²) in [6.07, 6.45) is 3.65. The van der Waals surface area contributed by atoms with Gasteiger partial charge in [0.1, 0.15) is 11.9 Å². The number of Topliss-reactive ketones (excluding diaryl/α,β-unsaturated/α-hetero) is 1. The van der Waals surface area contributed by atoms with Gasteiger partial charge in [0.25, 0.3) is 0 Å². The highest BCUT2D eigenvalue weighted by atomic mass is 16.5. The summed E-state index contributed by atoms with van der Waals surface area (Å²) >= 11 is 0. The van der Waals surface area contributed by atoms with Crippen LogP contribution in [0.1, 0.15) is 39.5 Å². The van der Waals surface area contributed by atoms with Gasteiger partial charge in [0.15, 0.2) is 0 Å². The van der Waals surface area contributed by atoms with Crippen molar-refractivity contribution in [2.45, 2.75) is 45.6 Å². The van der Waals surface area contributed by atoms with Crippen molar-refractivity contribution >= 4 is 5.78 Å². The SMILES string of the molecule is CC#CC(OCC)C1CCCCC1=O. The summed E-state index contributed by atoms with van der Waals surface area (Å²) in [5.74, 6) is 6.19. The van der Waals surface area contributed by atoms with Crippen molar-refractivity contribution in [3.63, 3.8) is 0 Å². The zero-order valence-electron chi connectivity index (χ0n) is 9.01. The van der Waals surface area contributed by atoms with Crippen molar-refractivity contribution in [2.75, 3.05) is 6.61 Å². The molecule has 0 radical (unpaired) electrons.